The molecule has 2 aromatic rings. The first-order chi connectivity index (χ1) is 9.24. The highest BCUT2D eigenvalue weighted by Crippen LogP contribution is 2.24. The minimum absolute atomic E-state index is 0.166. The van der Waals surface area contributed by atoms with Gasteiger partial charge in [0.25, 0.3) is 0 Å². The van der Waals surface area contributed by atoms with Crippen LogP contribution >= 0.6 is 0 Å². The second-order valence-corrected chi connectivity index (χ2v) is 4.62. The molecule has 0 amide bonds. The van der Waals surface area contributed by atoms with Crippen molar-refractivity contribution in [1.29, 1.82) is 0 Å². The molecule has 1 unspecified atom stereocenters. The zero-order valence-corrected chi connectivity index (χ0v) is 10.1. The summed E-state index contributed by atoms with van der Waals surface area (Å²) in [5.41, 5.74) is 2.63. The number of carbonyl (C=O) groups is 1. The molecule has 4 nitrogen and oxygen atoms in total. The fourth-order valence-electron chi connectivity index (χ4n) is 2.34. The van der Waals surface area contributed by atoms with Gasteiger partial charge in [0.05, 0.1) is 5.56 Å². The first kappa shape index (κ1) is 11.8. The third-order valence-electron chi connectivity index (χ3n) is 3.24. The largest absolute Gasteiger partial charge is 0.351 e. The van der Waals surface area contributed by atoms with E-state index in [1.54, 1.807) is 6.07 Å². The lowest BCUT2D eigenvalue weighted by Crippen LogP contribution is -2.21. The number of aldehydes is 1. The van der Waals surface area contributed by atoms with Gasteiger partial charge in [-0.05, 0) is 36.1 Å². The van der Waals surface area contributed by atoms with Crippen molar-refractivity contribution in [1.82, 2.24) is 9.97 Å². The maximum atomic E-state index is 13.1. The smallest absolute Gasteiger partial charge is 0.222 e. The number of aromatic nitrogens is 2. The van der Waals surface area contributed by atoms with Crippen molar-refractivity contribution < 1.29 is 9.18 Å². The molecule has 0 aliphatic heterocycles. The van der Waals surface area contributed by atoms with E-state index in [1.165, 1.54) is 18.5 Å². The number of carbonyl (C=O) groups excluding carboxylic acids is 1. The summed E-state index contributed by atoms with van der Waals surface area (Å²) in [7, 11) is 0. The average molecular weight is 257 g/mol. The van der Waals surface area contributed by atoms with Crippen molar-refractivity contribution in [2.24, 2.45) is 0 Å². The molecule has 3 rings (SSSR count). The Balaban J connectivity index is 1.71. The molecule has 1 heterocycles. The highest BCUT2D eigenvalue weighted by atomic mass is 19.1. The topological polar surface area (TPSA) is 54.9 Å². The summed E-state index contributed by atoms with van der Waals surface area (Å²) in [5.74, 6) is 0.287. The average Bonchev–Trinajstić information content (AvgIpc) is 2.81. The standard InChI is InChI=1S/C14H12FN3O/c15-12-2-1-10-4-13(5-11(10)3-12)18-14-16-6-9(8-19)7-17-14/h1-3,6-8,13H,4-5H2,(H,16,17,18). The predicted octanol–water partition coefficient (Wildman–Crippen LogP) is 2.01. The van der Waals surface area contributed by atoms with Gasteiger partial charge < -0.3 is 5.32 Å². The van der Waals surface area contributed by atoms with Gasteiger partial charge in [-0.1, -0.05) is 6.07 Å². The van der Waals surface area contributed by atoms with Gasteiger partial charge in [0.2, 0.25) is 5.95 Å². The van der Waals surface area contributed by atoms with E-state index in [0.29, 0.717) is 17.8 Å². The summed E-state index contributed by atoms with van der Waals surface area (Å²) in [4.78, 5) is 18.6. The highest BCUT2D eigenvalue weighted by molar-refractivity contribution is 5.73. The molecule has 5 heteroatoms. The van der Waals surface area contributed by atoms with E-state index < -0.39 is 0 Å². The van der Waals surface area contributed by atoms with E-state index in [2.05, 4.69) is 15.3 Å². The Labute approximate surface area is 109 Å². The maximum Gasteiger partial charge on any atom is 0.222 e. The molecule has 1 aromatic heterocycles. The van der Waals surface area contributed by atoms with E-state index >= 15 is 0 Å². The van der Waals surface area contributed by atoms with Crippen molar-refractivity contribution >= 4 is 12.2 Å². The Kier molecular flexibility index (Phi) is 2.95. The second kappa shape index (κ2) is 4.76. The van der Waals surface area contributed by atoms with Gasteiger partial charge in [-0.15, -0.1) is 0 Å². The third kappa shape index (κ3) is 2.45. The third-order valence-corrected chi connectivity index (χ3v) is 3.24. The number of rotatable bonds is 3. The highest BCUT2D eigenvalue weighted by Gasteiger charge is 2.22. The van der Waals surface area contributed by atoms with Crippen LogP contribution in [0.25, 0.3) is 0 Å². The van der Waals surface area contributed by atoms with Gasteiger partial charge in [-0.25, -0.2) is 14.4 Å². The minimum atomic E-state index is -0.203. The van der Waals surface area contributed by atoms with Gasteiger partial charge in [-0.3, -0.25) is 4.79 Å². The molecular weight excluding hydrogens is 245 g/mol. The van der Waals surface area contributed by atoms with Crippen LogP contribution in [-0.2, 0) is 12.8 Å². The number of nitrogens with zero attached hydrogens (tertiary/aromatic N) is 2. The molecule has 1 atom stereocenters. The molecule has 0 saturated heterocycles. The van der Waals surface area contributed by atoms with Crippen LogP contribution in [0.2, 0.25) is 0 Å². The van der Waals surface area contributed by atoms with Crippen LogP contribution in [0.3, 0.4) is 0 Å². The number of nitrogens with one attached hydrogen (secondary N) is 1. The van der Waals surface area contributed by atoms with Crippen molar-refractivity contribution in [2.45, 2.75) is 18.9 Å². The molecule has 1 aromatic carbocycles. The predicted molar refractivity (Wildman–Crippen MR) is 68.6 cm³/mol. The molecule has 19 heavy (non-hydrogen) atoms. The maximum absolute atomic E-state index is 13.1. The summed E-state index contributed by atoms with van der Waals surface area (Å²) in [6.45, 7) is 0. The van der Waals surface area contributed by atoms with Crippen molar-refractivity contribution in [3.05, 3.63) is 53.1 Å². The number of benzene rings is 1. The van der Waals surface area contributed by atoms with Gasteiger partial charge in [0, 0.05) is 18.4 Å². The summed E-state index contributed by atoms with van der Waals surface area (Å²) >= 11 is 0. The first-order valence-electron chi connectivity index (χ1n) is 6.05. The quantitative estimate of drug-likeness (QED) is 0.854. The Morgan fingerprint density at radius 1 is 1.21 bits per heavy atom. The van der Waals surface area contributed by atoms with E-state index in [9.17, 15) is 9.18 Å². The number of halogens is 1. The second-order valence-electron chi connectivity index (χ2n) is 4.62. The van der Waals surface area contributed by atoms with Gasteiger partial charge in [-0.2, -0.15) is 0 Å². The molecule has 0 saturated carbocycles. The fourth-order valence-corrected chi connectivity index (χ4v) is 2.34. The van der Waals surface area contributed by atoms with E-state index in [1.807, 2.05) is 6.07 Å². The molecule has 1 aliphatic carbocycles. The Bertz CT molecular complexity index is 613. The van der Waals surface area contributed by atoms with Crippen LogP contribution in [0.15, 0.2) is 30.6 Å². The lowest BCUT2D eigenvalue weighted by atomic mass is 10.1. The van der Waals surface area contributed by atoms with E-state index in [4.69, 9.17) is 0 Å². The molecule has 0 spiro atoms. The summed E-state index contributed by atoms with van der Waals surface area (Å²) in [6, 6.07) is 5.05. The minimum Gasteiger partial charge on any atom is -0.351 e. The monoisotopic (exact) mass is 257 g/mol. The SMILES string of the molecule is O=Cc1cnc(NC2Cc3ccc(F)cc3C2)nc1. The molecule has 1 N–H and O–H groups in total. The van der Waals surface area contributed by atoms with E-state index in [-0.39, 0.29) is 11.9 Å². The molecule has 96 valence electrons. The van der Waals surface area contributed by atoms with Gasteiger partial charge in [0.1, 0.15) is 5.82 Å². The van der Waals surface area contributed by atoms with Gasteiger partial charge in [0.15, 0.2) is 6.29 Å². The lowest BCUT2D eigenvalue weighted by molar-refractivity contribution is 0.112. The summed E-state index contributed by atoms with van der Waals surface area (Å²) < 4.78 is 13.1. The van der Waals surface area contributed by atoms with Crippen LogP contribution in [0.1, 0.15) is 21.5 Å². The number of hydrogen-bond donors (Lipinski definition) is 1. The first-order valence-corrected chi connectivity index (χ1v) is 6.05. The summed E-state index contributed by atoms with van der Waals surface area (Å²) in [6.07, 6.45) is 5.24. The van der Waals surface area contributed by atoms with Crippen LogP contribution < -0.4 is 5.32 Å². The Morgan fingerprint density at radius 2 is 1.95 bits per heavy atom. The molecule has 0 fully saturated rings. The molecule has 1 aliphatic rings. The fraction of sp³-hybridized carbons (Fsp3) is 0.214. The van der Waals surface area contributed by atoms with E-state index in [0.717, 1.165) is 24.0 Å². The normalized spacial score (nSPS) is 17.0. The van der Waals surface area contributed by atoms with Crippen LogP contribution in [0.4, 0.5) is 10.3 Å². The van der Waals surface area contributed by atoms with Crippen molar-refractivity contribution in [3.8, 4) is 0 Å². The van der Waals surface area contributed by atoms with Gasteiger partial charge >= 0.3 is 0 Å². The molecule has 0 bridgehead atoms. The van der Waals surface area contributed by atoms with Crippen LogP contribution in [-0.4, -0.2) is 22.3 Å². The zero-order valence-electron chi connectivity index (χ0n) is 10.1. The molecule has 0 radical (unpaired) electrons. The van der Waals surface area contributed by atoms with Crippen molar-refractivity contribution in [3.63, 3.8) is 0 Å². The number of hydrogen-bond acceptors (Lipinski definition) is 4. The molecular formula is C14H12FN3O. The Morgan fingerprint density at radius 3 is 2.68 bits per heavy atom. The zero-order chi connectivity index (χ0) is 13.2. The van der Waals surface area contributed by atoms with Crippen LogP contribution in [0.5, 0.6) is 0 Å². The summed E-state index contributed by atoms with van der Waals surface area (Å²) in [5, 5.41) is 3.20. The lowest BCUT2D eigenvalue weighted by Gasteiger charge is -2.11. The Hall–Kier alpha value is -2.30. The number of fused-ring (bicyclic) bond motifs is 1. The number of anilines is 1. The van der Waals surface area contributed by atoms with Crippen LogP contribution in [0, 0.1) is 5.82 Å². The van der Waals surface area contributed by atoms with Crippen molar-refractivity contribution in [2.75, 3.05) is 5.32 Å².